The van der Waals surface area contributed by atoms with E-state index in [0.717, 1.165) is 28.2 Å². The largest absolute Gasteiger partial charge is 0.494 e. The van der Waals surface area contributed by atoms with Crippen molar-refractivity contribution in [2.24, 2.45) is 5.10 Å². The molecule has 0 fully saturated rings. The molecular formula is C24H22N4O2S. The molecule has 0 spiro atoms. The van der Waals surface area contributed by atoms with Gasteiger partial charge in [-0.25, -0.2) is 5.10 Å². The maximum Gasteiger partial charge on any atom is 0.216 e. The Balaban J connectivity index is 1.51. The van der Waals surface area contributed by atoms with Gasteiger partial charge in [0.15, 0.2) is 5.82 Å². The van der Waals surface area contributed by atoms with Crippen LogP contribution in [0.1, 0.15) is 18.1 Å². The summed E-state index contributed by atoms with van der Waals surface area (Å²) in [6, 6.07) is 25.5. The molecule has 0 aliphatic heterocycles. The summed E-state index contributed by atoms with van der Waals surface area (Å²) >= 11 is 5.36. The third kappa shape index (κ3) is 5.26. The van der Waals surface area contributed by atoms with E-state index in [2.05, 4.69) is 15.3 Å². The highest BCUT2D eigenvalue weighted by Crippen LogP contribution is 2.21. The first-order valence-electron chi connectivity index (χ1n) is 9.95. The molecule has 0 amide bonds. The highest BCUT2D eigenvalue weighted by atomic mass is 32.1. The van der Waals surface area contributed by atoms with E-state index in [-0.39, 0.29) is 0 Å². The second kappa shape index (κ2) is 9.86. The van der Waals surface area contributed by atoms with Crippen LogP contribution in [-0.2, 0) is 6.61 Å². The van der Waals surface area contributed by atoms with E-state index < -0.39 is 0 Å². The Morgan fingerprint density at radius 1 is 0.968 bits per heavy atom. The average Bonchev–Trinajstić information content (AvgIpc) is 3.18. The van der Waals surface area contributed by atoms with Crippen LogP contribution >= 0.6 is 12.2 Å². The zero-order chi connectivity index (χ0) is 21.5. The monoisotopic (exact) mass is 430 g/mol. The lowest BCUT2D eigenvalue weighted by molar-refractivity contribution is 0.306. The fourth-order valence-corrected chi connectivity index (χ4v) is 3.18. The van der Waals surface area contributed by atoms with E-state index >= 15 is 0 Å². The molecule has 6 nitrogen and oxygen atoms in total. The van der Waals surface area contributed by atoms with E-state index in [4.69, 9.17) is 21.7 Å². The molecule has 0 saturated carbocycles. The van der Waals surface area contributed by atoms with Crippen LogP contribution in [-0.4, -0.2) is 27.7 Å². The zero-order valence-corrected chi connectivity index (χ0v) is 17.9. The van der Waals surface area contributed by atoms with Crippen molar-refractivity contribution in [3.05, 3.63) is 94.8 Å². The number of nitrogens with one attached hydrogen (secondary N) is 1. The van der Waals surface area contributed by atoms with Gasteiger partial charge in [-0.3, -0.25) is 0 Å². The normalized spacial score (nSPS) is 11.0. The molecule has 0 aliphatic carbocycles. The molecule has 4 aromatic rings. The Kier molecular flexibility index (Phi) is 6.54. The number of hydrogen-bond donors (Lipinski definition) is 1. The molecule has 0 atom stereocenters. The third-order valence-corrected chi connectivity index (χ3v) is 4.77. The van der Waals surface area contributed by atoms with Crippen LogP contribution in [0.3, 0.4) is 0 Å². The SMILES string of the molecule is CCOc1ccc(-c2n[nH]c(=S)n2/N=C\c2cccc(OCc3ccccc3)c2)cc1. The quantitative estimate of drug-likeness (QED) is 0.297. The molecule has 31 heavy (non-hydrogen) atoms. The molecule has 0 bridgehead atoms. The van der Waals surface area contributed by atoms with E-state index in [0.29, 0.717) is 23.8 Å². The minimum atomic E-state index is 0.414. The van der Waals surface area contributed by atoms with Crippen molar-refractivity contribution in [1.29, 1.82) is 0 Å². The van der Waals surface area contributed by atoms with E-state index in [1.54, 1.807) is 10.9 Å². The van der Waals surface area contributed by atoms with Crippen LogP contribution < -0.4 is 9.47 Å². The second-order valence-electron chi connectivity index (χ2n) is 6.71. The lowest BCUT2D eigenvalue weighted by Gasteiger charge is -2.07. The van der Waals surface area contributed by atoms with Crippen molar-refractivity contribution in [2.45, 2.75) is 13.5 Å². The Bertz CT molecular complexity index is 1210. The van der Waals surface area contributed by atoms with Gasteiger partial charge in [0, 0.05) is 5.56 Å². The number of H-pyrrole nitrogens is 1. The van der Waals surface area contributed by atoms with Crippen molar-refractivity contribution in [2.75, 3.05) is 6.61 Å². The van der Waals surface area contributed by atoms with Crippen LogP contribution in [0.2, 0.25) is 0 Å². The molecule has 0 saturated heterocycles. The Hall–Kier alpha value is -3.71. The van der Waals surface area contributed by atoms with Gasteiger partial charge in [-0.15, -0.1) is 0 Å². The predicted molar refractivity (Wildman–Crippen MR) is 124 cm³/mol. The fourth-order valence-electron chi connectivity index (χ4n) is 3.00. The minimum Gasteiger partial charge on any atom is -0.494 e. The summed E-state index contributed by atoms with van der Waals surface area (Å²) in [5.74, 6) is 2.21. The standard InChI is InChI=1S/C24H22N4O2S/c1-2-29-21-13-11-20(12-14-21)23-26-27-24(31)28(23)25-16-19-9-6-10-22(15-19)30-17-18-7-4-3-5-8-18/h3-16H,2,17H2,1H3,(H,27,31)/b25-16-. The van der Waals surface area contributed by atoms with Gasteiger partial charge in [-0.2, -0.15) is 14.9 Å². The smallest absolute Gasteiger partial charge is 0.216 e. The first-order chi connectivity index (χ1) is 15.2. The molecular weight excluding hydrogens is 408 g/mol. The first kappa shape index (κ1) is 20.6. The van der Waals surface area contributed by atoms with Crippen molar-refractivity contribution >= 4 is 18.4 Å². The molecule has 7 heteroatoms. The molecule has 4 rings (SSSR count). The summed E-state index contributed by atoms with van der Waals surface area (Å²) in [6.07, 6.45) is 1.73. The zero-order valence-electron chi connectivity index (χ0n) is 17.1. The molecule has 156 valence electrons. The first-order valence-corrected chi connectivity index (χ1v) is 10.4. The number of ether oxygens (including phenoxy) is 2. The van der Waals surface area contributed by atoms with E-state index in [1.807, 2.05) is 85.8 Å². The van der Waals surface area contributed by atoms with Gasteiger partial charge in [-0.1, -0.05) is 42.5 Å². The van der Waals surface area contributed by atoms with Crippen molar-refractivity contribution < 1.29 is 9.47 Å². The summed E-state index contributed by atoms with van der Waals surface area (Å²) in [5, 5.41) is 11.7. The number of hydrogen-bond acceptors (Lipinski definition) is 5. The number of aromatic amines is 1. The van der Waals surface area contributed by atoms with Gasteiger partial charge in [0.25, 0.3) is 0 Å². The second-order valence-corrected chi connectivity index (χ2v) is 7.10. The highest BCUT2D eigenvalue weighted by molar-refractivity contribution is 7.71. The molecule has 1 N–H and O–H groups in total. The van der Waals surface area contributed by atoms with Gasteiger partial charge >= 0.3 is 0 Å². The molecule has 0 aliphatic rings. The summed E-state index contributed by atoms with van der Waals surface area (Å²) in [4.78, 5) is 0. The van der Waals surface area contributed by atoms with Crippen molar-refractivity contribution in [1.82, 2.24) is 14.9 Å². The summed E-state index contributed by atoms with van der Waals surface area (Å²) in [7, 11) is 0. The number of nitrogens with zero attached hydrogens (tertiary/aromatic N) is 3. The van der Waals surface area contributed by atoms with Crippen LogP contribution in [0.4, 0.5) is 0 Å². The Morgan fingerprint density at radius 2 is 1.77 bits per heavy atom. The summed E-state index contributed by atoms with van der Waals surface area (Å²) < 4.78 is 13.4. The Labute approximate surface area is 185 Å². The van der Waals surface area contributed by atoms with Gasteiger partial charge in [0.2, 0.25) is 4.77 Å². The number of rotatable bonds is 8. The molecule has 0 unspecified atom stereocenters. The van der Waals surface area contributed by atoms with Gasteiger partial charge in [0.1, 0.15) is 18.1 Å². The number of benzene rings is 3. The van der Waals surface area contributed by atoms with Crippen LogP contribution in [0, 0.1) is 4.77 Å². The minimum absolute atomic E-state index is 0.414. The predicted octanol–water partition coefficient (Wildman–Crippen LogP) is 5.47. The average molecular weight is 431 g/mol. The van der Waals surface area contributed by atoms with E-state index in [9.17, 15) is 0 Å². The van der Waals surface area contributed by atoms with Crippen molar-refractivity contribution in [3.8, 4) is 22.9 Å². The fraction of sp³-hybridized carbons (Fsp3) is 0.125. The topological polar surface area (TPSA) is 64.4 Å². The van der Waals surface area contributed by atoms with Crippen LogP contribution in [0.5, 0.6) is 11.5 Å². The molecule has 1 aromatic heterocycles. The lowest BCUT2D eigenvalue weighted by atomic mass is 10.2. The highest BCUT2D eigenvalue weighted by Gasteiger charge is 2.08. The van der Waals surface area contributed by atoms with Crippen molar-refractivity contribution in [3.63, 3.8) is 0 Å². The van der Waals surface area contributed by atoms with Gasteiger partial charge in [0.05, 0.1) is 12.8 Å². The molecule has 3 aromatic carbocycles. The van der Waals surface area contributed by atoms with Gasteiger partial charge in [-0.05, 0) is 66.7 Å². The maximum absolute atomic E-state index is 5.90. The third-order valence-electron chi connectivity index (χ3n) is 4.50. The maximum atomic E-state index is 5.90. The van der Waals surface area contributed by atoms with Crippen LogP contribution in [0.15, 0.2) is 84.0 Å². The number of aromatic nitrogens is 3. The lowest BCUT2D eigenvalue weighted by Crippen LogP contribution is -1.97. The molecule has 1 heterocycles. The van der Waals surface area contributed by atoms with Crippen LogP contribution in [0.25, 0.3) is 11.4 Å². The molecule has 0 radical (unpaired) electrons. The summed E-state index contributed by atoms with van der Waals surface area (Å²) in [6.45, 7) is 3.09. The van der Waals surface area contributed by atoms with E-state index in [1.165, 1.54) is 0 Å². The van der Waals surface area contributed by atoms with Gasteiger partial charge < -0.3 is 9.47 Å². The summed E-state index contributed by atoms with van der Waals surface area (Å²) in [5.41, 5.74) is 2.89. The Morgan fingerprint density at radius 3 is 2.55 bits per heavy atom.